The van der Waals surface area contributed by atoms with Crippen molar-refractivity contribution < 1.29 is 23.8 Å². The number of thioether (sulfide) groups is 1. The minimum Gasteiger partial charge on any atom is -0.490 e. The van der Waals surface area contributed by atoms with Crippen LogP contribution in [-0.4, -0.2) is 41.8 Å². The molecular formula is C28H31N3O5S. The van der Waals surface area contributed by atoms with Gasteiger partial charge in [0.25, 0.3) is 5.91 Å². The Morgan fingerprint density at radius 2 is 1.84 bits per heavy atom. The summed E-state index contributed by atoms with van der Waals surface area (Å²) in [6, 6.07) is 10.9. The molecule has 2 aliphatic rings. The first kappa shape index (κ1) is 26.3. The number of nitrogens with one attached hydrogen (secondary N) is 1. The van der Waals surface area contributed by atoms with Gasteiger partial charge in [-0.2, -0.15) is 0 Å². The van der Waals surface area contributed by atoms with Gasteiger partial charge in [0.15, 0.2) is 23.3 Å². The Morgan fingerprint density at radius 3 is 2.59 bits per heavy atom. The van der Waals surface area contributed by atoms with Crippen LogP contribution in [0.25, 0.3) is 0 Å². The van der Waals surface area contributed by atoms with Crippen LogP contribution in [0.2, 0.25) is 0 Å². The van der Waals surface area contributed by atoms with Crippen LogP contribution in [0.15, 0.2) is 64.3 Å². The number of rotatable bonds is 9. The van der Waals surface area contributed by atoms with Gasteiger partial charge in [0, 0.05) is 11.9 Å². The van der Waals surface area contributed by atoms with E-state index in [4.69, 9.17) is 14.2 Å². The SMILES string of the molecule is CCOC(=O)C1=C(C)N=C2SC=CN2[C@H]1c1ccc(OCC(=O)Nc2cc(C)ccc2C)c(OCC)c1. The van der Waals surface area contributed by atoms with E-state index in [1.807, 2.05) is 74.5 Å². The number of hydrogen-bond donors (Lipinski definition) is 1. The van der Waals surface area contributed by atoms with Gasteiger partial charge in [-0.25, -0.2) is 9.79 Å². The van der Waals surface area contributed by atoms with E-state index in [2.05, 4.69) is 10.3 Å². The Kier molecular flexibility index (Phi) is 8.23. The van der Waals surface area contributed by atoms with Gasteiger partial charge in [-0.1, -0.05) is 30.0 Å². The standard InChI is InChI=1S/C28H31N3O5S/c1-6-34-23-15-20(26-25(27(33)35-7-2)19(5)29-28-31(26)12-13-37-28)10-11-22(23)36-16-24(32)30-21-14-17(3)8-9-18(21)4/h8-15,26H,6-7,16H2,1-5H3,(H,30,32)/t26-/m0/s1. The number of esters is 1. The number of amides is 1. The first-order chi connectivity index (χ1) is 17.8. The number of carbonyl (C=O) groups excluding carboxylic acids is 2. The van der Waals surface area contributed by atoms with E-state index < -0.39 is 12.0 Å². The van der Waals surface area contributed by atoms with Crippen molar-refractivity contribution in [2.45, 2.75) is 40.7 Å². The van der Waals surface area contributed by atoms with Crippen molar-refractivity contribution >= 4 is 34.5 Å². The fraction of sp³-hybridized carbons (Fsp3) is 0.321. The Balaban J connectivity index is 1.58. The smallest absolute Gasteiger partial charge is 0.338 e. The summed E-state index contributed by atoms with van der Waals surface area (Å²) in [5, 5.41) is 5.63. The topological polar surface area (TPSA) is 89.5 Å². The van der Waals surface area contributed by atoms with Crippen LogP contribution in [0.1, 0.15) is 43.5 Å². The number of amidine groups is 1. The molecule has 0 aromatic heterocycles. The van der Waals surface area contributed by atoms with Crippen molar-refractivity contribution in [1.29, 1.82) is 0 Å². The molecular weight excluding hydrogens is 490 g/mol. The molecule has 1 amide bonds. The van der Waals surface area contributed by atoms with Gasteiger partial charge in [-0.3, -0.25) is 4.79 Å². The van der Waals surface area contributed by atoms with Crippen molar-refractivity contribution in [3.8, 4) is 11.5 Å². The fourth-order valence-corrected chi connectivity index (χ4v) is 4.97. The predicted octanol–water partition coefficient (Wildman–Crippen LogP) is 5.49. The third-order valence-corrected chi connectivity index (χ3v) is 6.70. The number of carbonyl (C=O) groups is 2. The third kappa shape index (κ3) is 5.83. The molecule has 2 aliphatic heterocycles. The van der Waals surface area contributed by atoms with E-state index in [1.54, 1.807) is 13.0 Å². The summed E-state index contributed by atoms with van der Waals surface area (Å²) in [5.41, 5.74) is 4.70. The maximum atomic E-state index is 12.9. The zero-order valence-electron chi connectivity index (χ0n) is 21.7. The van der Waals surface area contributed by atoms with E-state index >= 15 is 0 Å². The van der Waals surface area contributed by atoms with Crippen LogP contribution < -0.4 is 14.8 Å². The maximum absolute atomic E-state index is 12.9. The molecule has 37 heavy (non-hydrogen) atoms. The minimum atomic E-state index is -0.432. The van der Waals surface area contributed by atoms with E-state index in [0.29, 0.717) is 29.4 Å². The number of ether oxygens (including phenoxy) is 3. The normalized spacial score (nSPS) is 16.3. The molecule has 0 bridgehead atoms. The highest BCUT2D eigenvalue weighted by Gasteiger charge is 2.37. The summed E-state index contributed by atoms with van der Waals surface area (Å²) in [5.74, 6) is 0.256. The lowest BCUT2D eigenvalue weighted by molar-refractivity contribution is -0.139. The average molecular weight is 522 g/mol. The summed E-state index contributed by atoms with van der Waals surface area (Å²) in [7, 11) is 0. The molecule has 0 aliphatic carbocycles. The molecule has 8 nitrogen and oxygen atoms in total. The van der Waals surface area contributed by atoms with Gasteiger partial charge >= 0.3 is 5.97 Å². The van der Waals surface area contributed by atoms with Gasteiger partial charge in [-0.05, 0) is 74.9 Å². The van der Waals surface area contributed by atoms with Crippen molar-refractivity contribution in [2.75, 3.05) is 25.1 Å². The number of aliphatic imine (C=N–C) groups is 1. The van der Waals surface area contributed by atoms with E-state index in [0.717, 1.165) is 27.5 Å². The lowest BCUT2D eigenvalue weighted by Crippen LogP contribution is -2.34. The molecule has 0 spiro atoms. The highest BCUT2D eigenvalue weighted by atomic mass is 32.2. The van der Waals surface area contributed by atoms with E-state index in [9.17, 15) is 9.59 Å². The van der Waals surface area contributed by atoms with E-state index in [1.165, 1.54) is 11.8 Å². The molecule has 9 heteroatoms. The van der Waals surface area contributed by atoms with Crippen LogP contribution in [-0.2, 0) is 14.3 Å². The predicted molar refractivity (Wildman–Crippen MR) is 146 cm³/mol. The summed E-state index contributed by atoms with van der Waals surface area (Å²) in [6.45, 7) is 9.89. The molecule has 2 aromatic carbocycles. The number of aryl methyl sites for hydroxylation is 2. The van der Waals surface area contributed by atoms with Crippen LogP contribution >= 0.6 is 11.8 Å². The second kappa shape index (κ2) is 11.6. The molecule has 1 atom stereocenters. The molecule has 0 fully saturated rings. The summed E-state index contributed by atoms with van der Waals surface area (Å²) >= 11 is 1.50. The summed E-state index contributed by atoms with van der Waals surface area (Å²) < 4.78 is 17.1. The number of anilines is 1. The quantitative estimate of drug-likeness (QED) is 0.437. The Bertz CT molecular complexity index is 1300. The van der Waals surface area contributed by atoms with E-state index in [-0.39, 0.29) is 19.1 Å². The lowest BCUT2D eigenvalue weighted by atomic mass is 9.94. The highest BCUT2D eigenvalue weighted by Crippen LogP contribution is 2.43. The number of hydrogen-bond acceptors (Lipinski definition) is 8. The molecule has 4 rings (SSSR count). The maximum Gasteiger partial charge on any atom is 0.338 e. The monoisotopic (exact) mass is 521 g/mol. The molecule has 0 saturated carbocycles. The number of nitrogens with zero attached hydrogens (tertiary/aromatic N) is 2. The number of benzene rings is 2. The molecule has 1 N–H and O–H groups in total. The largest absolute Gasteiger partial charge is 0.490 e. The molecule has 0 unspecified atom stereocenters. The zero-order valence-corrected chi connectivity index (χ0v) is 22.5. The van der Waals surface area contributed by atoms with Gasteiger partial charge in [0.05, 0.1) is 30.5 Å². The molecule has 2 heterocycles. The zero-order chi connectivity index (χ0) is 26.5. The van der Waals surface area contributed by atoms with Gasteiger partial charge in [-0.15, -0.1) is 0 Å². The van der Waals surface area contributed by atoms with Crippen molar-refractivity contribution in [3.63, 3.8) is 0 Å². The first-order valence-electron chi connectivity index (χ1n) is 12.2. The van der Waals surface area contributed by atoms with Crippen LogP contribution in [0.4, 0.5) is 5.69 Å². The summed E-state index contributed by atoms with van der Waals surface area (Å²) in [6.07, 6.45) is 1.90. The Hall–Kier alpha value is -3.72. The van der Waals surface area contributed by atoms with Gasteiger partial charge < -0.3 is 24.4 Å². The van der Waals surface area contributed by atoms with Crippen LogP contribution in [0, 0.1) is 13.8 Å². The molecule has 0 radical (unpaired) electrons. The molecule has 0 saturated heterocycles. The minimum absolute atomic E-state index is 0.175. The summed E-state index contributed by atoms with van der Waals surface area (Å²) in [4.78, 5) is 32.1. The highest BCUT2D eigenvalue weighted by molar-refractivity contribution is 8.16. The van der Waals surface area contributed by atoms with Crippen LogP contribution in [0.3, 0.4) is 0 Å². The molecule has 2 aromatic rings. The number of fused-ring (bicyclic) bond motifs is 1. The first-order valence-corrected chi connectivity index (χ1v) is 13.0. The van der Waals surface area contributed by atoms with Crippen molar-refractivity contribution in [3.05, 3.63) is 76.0 Å². The second-order valence-corrected chi connectivity index (χ2v) is 9.49. The van der Waals surface area contributed by atoms with Gasteiger partial charge in [0.2, 0.25) is 0 Å². The number of allylic oxidation sites excluding steroid dienone is 1. The Labute approximate surface area is 221 Å². The third-order valence-electron chi connectivity index (χ3n) is 5.93. The second-order valence-electron chi connectivity index (χ2n) is 8.62. The molecule has 194 valence electrons. The average Bonchev–Trinajstić information content (AvgIpc) is 3.33. The fourth-order valence-electron chi connectivity index (χ4n) is 4.18. The Morgan fingerprint density at radius 1 is 1.03 bits per heavy atom. The van der Waals surface area contributed by atoms with Gasteiger partial charge in [0.1, 0.15) is 0 Å². The lowest BCUT2D eigenvalue weighted by Gasteiger charge is -2.33. The van der Waals surface area contributed by atoms with Crippen LogP contribution in [0.5, 0.6) is 11.5 Å². The van der Waals surface area contributed by atoms with Crippen molar-refractivity contribution in [1.82, 2.24) is 4.90 Å². The van der Waals surface area contributed by atoms with Crippen molar-refractivity contribution in [2.24, 2.45) is 4.99 Å².